The van der Waals surface area contributed by atoms with Crippen molar-refractivity contribution in [3.8, 4) is 0 Å². The second-order valence-electron chi connectivity index (χ2n) is 5.44. The molecule has 1 amide bonds. The summed E-state index contributed by atoms with van der Waals surface area (Å²) in [5.74, 6) is -1.39. The van der Waals surface area contributed by atoms with Crippen molar-refractivity contribution < 1.29 is 22.9 Å². The average molecular weight is 307 g/mol. The third-order valence-corrected chi connectivity index (χ3v) is 3.93. The second-order valence-corrected chi connectivity index (χ2v) is 5.44. The molecule has 0 saturated carbocycles. The molecule has 1 saturated heterocycles. The molecule has 22 heavy (non-hydrogen) atoms. The van der Waals surface area contributed by atoms with Gasteiger partial charge in [-0.05, 0) is 24.3 Å². The van der Waals surface area contributed by atoms with Gasteiger partial charge in [-0.25, -0.2) is 8.78 Å². The van der Waals surface area contributed by atoms with Crippen molar-refractivity contribution in [2.24, 2.45) is 0 Å². The molecule has 6 heteroatoms. The number of nitrogens with one attached hydrogen (secondary N) is 1. The van der Waals surface area contributed by atoms with E-state index >= 15 is 0 Å². The number of quaternary nitrogens is 1. The van der Waals surface area contributed by atoms with Gasteiger partial charge in [0.1, 0.15) is 6.54 Å². The van der Waals surface area contributed by atoms with Crippen LogP contribution in [0.4, 0.5) is 8.78 Å². The zero-order valence-corrected chi connectivity index (χ0v) is 12.0. The molecular weight excluding hydrogens is 290 g/mol. The Morgan fingerprint density at radius 2 is 1.95 bits per heavy atom. The van der Waals surface area contributed by atoms with Crippen LogP contribution in [-0.4, -0.2) is 37.0 Å². The summed E-state index contributed by atoms with van der Waals surface area (Å²) in [6.07, 6.45) is 1.48. The van der Waals surface area contributed by atoms with E-state index in [9.17, 15) is 13.6 Å². The van der Waals surface area contributed by atoms with Crippen LogP contribution in [0.5, 0.6) is 0 Å². The number of carbonyl (C=O) groups excluding carboxylic acids is 1. The lowest BCUT2D eigenvalue weighted by molar-refractivity contribution is -0.917. The number of carbonyl (C=O) groups is 1. The number of hydrogen-bond acceptors (Lipinski definition) is 2. The molecule has 1 fully saturated rings. The van der Waals surface area contributed by atoms with Gasteiger partial charge in [0.25, 0.3) is 5.91 Å². The molecule has 4 nitrogen and oxygen atoms in total. The highest BCUT2D eigenvalue weighted by Gasteiger charge is 2.26. The summed E-state index contributed by atoms with van der Waals surface area (Å²) in [6, 6.07) is 7.34. The molecule has 1 aliphatic rings. The van der Waals surface area contributed by atoms with E-state index in [1.165, 1.54) is 17.2 Å². The number of hydrogen-bond donors (Lipinski definition) is 1. The zero-order chi connectivity index (χ0) is 15.5. The first kappa shape index (κ1) is 14.7. The van der Waals surface area contributed by atoms with E-state index in [0.717, 1.165) is 24.7 Å². The third-order valence-electron chi connectivity index (χ3n) is 3.93. The molecular formula is C16H17F2N2O2+. The Balaban J connectivity index is 1.55. The summed E-state index contributed by atoms with van der Waals surface area (Å²) < 4.78 is 31.2. The molecule has 1 aromatic carbocycles. The molecule has 0 aliphatic carbocycles. The molecule has 0 atom stereocenters. The van der Waals surface area contributed by atoms with Gasteiger partial charge in [0.05, 0.1) is 32.4 Å². The van der Waals surface area contributed by atoms with E-state index in [-0.39, 0.29) is 5.91 Å². The fraction of sp³-hybridized carbons (Fsp3) is 0.312. The molecule has 0 unspecified atom stereocenters. The fourth-order valence-electron chi connectivity index (χ4n) is 2.70. The lowest BCUT2D eigenvalue weighted by atomic mass is 10.2. The first-order valence-electron chi connectivity index (χ1n) is 7.24. The van der Waals surface area contributed by atoms with Crippen LogP contribution in [-0.2, 0) is 6.54 Å². The average Bonchev–Trinajstić information content (AvgIpc) is 3.05. The highest BCUT2D eigenvalue weighted by atomic mass is 19.2. The maximum atomic E-state index is 13.2. The smallest absolute Gasteiger partial charge is 0.289 e. The van der Waals surface area contributed by atoms with Crippen LogP contribution in [0.1, 0.15) is 16.1 Å². The summed E-state index contributed by atoms with van der Waals surface area (Å²) in [6.45, 7) is 3.41. The minimum atomic E-state index is -0.826. The molecule has 1 aromatic heterocycles. The molecule has 1 aliphatic heterocycles. The van der Waals surface area contributed by atoms with Crippen LogP contribution in [0.3, 0.4) is 0 Å². The Morgan fingerprint density at radius 3 is 2.59 bits per heavy atom. The summed E-state index contributed by atoms with van der Waals surface area (Å²) in [5, 5.41) is 0. The number of furan rings is 1. The summed E-state index contributed by atoms with van der Waals surface area (Å²) in [4.78, 5) is 15.1. The van der Waals surface area contributed by atoms with Gasteiger partial charge in [-0.15, -0.1) is 0 Å². The Morgan fingerprint density at radius 1 is 1.18 bits per heavy atom. The molecule has 3 rings (SSSR count). The van der Waals surface area contributed by atoms with E-state index in [4.69, 9.17) is 4.42 Å². The Hall–Kier alpha value is -2.21. The largest absolute Gasteiger partial charge is 0.459 e. The van der Waals surface area contributed by atoms with Crippen molar-refractivity contribution in [2.45, 2.75) is 6.54 Å². The van der Waals surface area contributed by atoms with Gasteiger partial charge in [-0.1, -0.05) is 6.07 Å². The van der Waals surface area contributed by atoms with Crippen LogP contribution >= 0.6 is 0 Å². The monoisotopic (exact) mass is 307 g/mol. The normalized spacial score (nSPS) is 16.0. The number of piperazine rings is 1. The van der Waals surface area contributed by atoms with Gasteiger partial charge in [0.15, 0.2) is 17.4 Å². The van der Waals surface area contributed by atoms with Crippen molar-refractivity contribution in [2.75, 3.05) is 26.2 Å². The summed E-state index contributed by atoms with van der Waals surface area (Å²) in [7, 11) is 0. The van der Waals surface area contributed by atoms with Crippen molar-refractivity contribution in [3.05, 3.63) is 59.6 Å². The molecule has 2 heterocycles. The molecule has 0 spiro atoms. The lowest BCUT2D eigenvalue weighted by Gasteiger charge is -2.31. The molecule has 0 bridgehead atoms. The van der Waals surface area contributed by atoms with Crippen LogP contribution in [0, 0.1) is 11.6 Å². The SMILES string of the molecule is O=C(c1ccco1)N1CC[NH+](Cc2ccc(F)c(F)c2)CC1. The number of amides is 1. The van der Waals surface area contributed by atoms with Crippen LogP contribution in [0.2, 0.25) is 0 Å². The highest BCUT2D eigenvalue weighted by molar-refractivity contribution is 5.91. The minimum absolute atomic E-state index is 0.100. The van der Waals surface area contributed by atoms with Crippen LogP contribution < -0.4 is 4.90 Å². The molecule has 2 aromatic rings. The Labute approximate surface area is 126 Å². The van der Waals surface area contributed by atoms with Gasteiger partial charge in [-0.2, -0.15) is 0 Å². The third kappa shape index (κ3) is 3.17. The van der Waals surface area contributed by atoms with Crippen LogP contribution in [0.25, 0.3) is 0 Å². The Bertz CT molecular complexity index is 650. The maximum Gasteiger partial charge on any atom is 0.289 e. The zero-order valence-electron chi connectivity index (χ0n) is 12.0. The second kappa shape index (κ2) is 6.27. The van der Waals surface area contributed by atoms with Crippen LogP contribution in [0.15, 0.2) is 41.0 Å². The fourth-order valence-corrected chi connectivity index (χ4v) is 2.70. The standard InChI is InChI=1S/C16H16F2N2O2/c17-13-4-3-12(10-14(13)18)11-19-5-7-20(8-6-19)16(21)15-2-1-9-22-15/h1-4,9-10H,5-8,11H2/p+1. The summed E-state index contributed by atoms with van der Waals surface area (Å²) >= 11 is 0. The quantitative estimate of drug-likeness (QED) is 0.922. The van der Waals surface area contributed by atoms with Gasteiger partial charge >= 0.3 is 0 Å². The predicted molar refractivity (Wildman–Crippen MR) is 75.4 cm³/mol. The van der Waals surface area contributed by atoms with Crippen molar-refractivity contribution >= 4 is 5.91 Å². The highest BCUT2D eigenvalue weighted by Crippen LogP contribution is 2.08. The summed E-state index contributed by atoms with van der Waals surface area (Å²) in [5.41, 5.74) is 0.764. The van der Waals surface area contributed by atoms with Gasteiger partial charge < -0.3 is 14.2 Å². The first-order valence-corrected chi connectivity index (χ1v) is 7.24. The van der Waals surface area contributed by atoms with Crippen molar-refractivity contribution in [3.63, 3.8) is 0 Å². The molecule has 0 radical (unpaired) electrons. The van der Waals surface area contributed by atoms with E-state index in [1.54, 1.807) is 23.1 Å². The predicted octanol–water partition coefficient (Wildman–Crippen LogP) is 1.10. The molecule has 116 valence electrons. The number of nitrogens with zero attached hydrogens (tertiary/aromatic N) is 1. The number of benzene rings is 1. The van der Waals surface area contributed by atoms with E-state index in [2.05, 4.69) is 0 Å². The van der Waals surface area contributed by atoms with E-state index in [0.29, 0.717) is 25.4 Å². The van der Waals surface area contributed by atoms with Crippen molar-refractivity contribution in [1.82, 2.24) is 4.90 Å². The number of rotatable bonds is 3. The first-order chi connectivity index (χ1) is 10.6. The lowest BCUT2D eigenvalue weighted by Crippen LogP contribution is -3.13. The number of halogens is 2. The minimum Gasteiger partial charge on any atom is -0.459 e. The van der Waals surface area contributed by atoms with Gasteiger partial charge in [0, 0.05) is 5.56 Å². The van der Waals surface area contributed by atoms with E-state index in [1.807, 2.05) is 0 Å². The van der Waals surface area contributed by atoms with E-state index < -0.39 is 11.6 Å². The maximum absolute atomic E-state index is 13.2. The molecule has 1 N–H and O–H groups in total. The van der Waals surface area contributed by atoms with Crippen molar-refractivity contribution in [1.29, 1.82) is 0 Å². The van der Waals surface area contributed by atoms with Gasteiger partial charge in [0.2, 0.25) is 0 Å². The Kier molecular flexibility index (Phi) is 4.20. The van der Waals surface area contributed by atoms with Gasteiger partial charge in [-0.3, -0.25) is 4.79 Å². The topological polar surface area (TPSA) is 37.9 Å².